The van der Waals surface area contributed by atoms with Crippen molar-refractivity contribution in [3.8, 4) is 0 Å². The molecule has 0 radical (unpaired) electrons. The quantitative estimate of drug-likeness (QED) is 0.219. The van der Waals surface area contributed by atoms with Crippen LogP contribution in [0.3, 0.4) is 0 Å². The van der Waals surface area contributed by atoms with Crippen LogP contribution >= 0.6 is 0 Å². The number of ether oxygens (including phenoxy) is 1. The highest BCUT2D eigenvalue weighted by Crippen LogP contribution is 2.73. The summed E-state index contributed by atoms with van der Waals surface area (Å²) in [4.78, 5) is 41.1. The zero-order chi connectivity index (χ0) is 30.4. The molecule has 4 aliphatic rings. The molecule has 7 heteroatoms. The van der Waals surface area contributed by atoms with Crippen LogP contribution in [0, 0.1) is 16.7 Å². The molecule has 2 aliphatic heterocycles. The topological polar surface area (TPSA) is 86.9 Å². The Balaban J connectivity index is 1.27. The van der Waals surface area contributed by atoms with Gasteiger partial charge in [-0.15, -0.1) is 0 Å². The summed E-state index contributed by atoms with van der Waals surface area (Å²) in [5.41, 5.74) is -1.54. The third kappa shape index (κ3) is 3.41. The number of aliphatic hydroxyl groups is 1. The molecule has 3 fully saturated rings. The highest BCUT2D eigenvalue weighted by Gasteiger charge is 2.76. The van der Waals surface area contributed by atoms with E-state index in [1.54, 1.807) is 36.2 Å². The van der Waals surface area contributed by atoms with E-state index in [0.29, 0.717) is 30.4 Å². The number of hydrazine groups is 1. The van der Waals surface area contributed by atoms with Gasteiger partial charge in [0.15, 0.2) is 5.54 Å². The number of benzene rings is 3. The number of amides is 2. The van der Waals surface area contributed by atoms with Crippen molar-refractivity contribution in [2.45, 2.75) is 76.7 Å². The molecule has 6 unspecified atom stereocenters. The van der Waals surface area contributed by atoms with Gasteiger partial charge >= 0.3 is 5.97 Å². The Bertz CT molecular complexity index is 1550. The number of hydrogen-bond acceptors (Lipinski definition) is 6. The third-order valence-corrected chi connectivity index (χ3v) is 11.5. The van der Waals surface area contributed by atoms with Crippen molar-refractivity contribution < 1.29 is 24.2 Å². The summed E-state index contributed by atoms with van der Waals surface area (Å²) >= 11 is 0. The van der Waals surface area contributed by atoms with Crippen molar-refractivity contribution in [1.82, 2.24) is 10.0 Å². The second kappa shape index (κ2) is 9.34. The molecule has 222 valence electrons. The molecule has 2 amide bonds. The maximum absolute atomic E-state index is 14.3. The molecule has 3 aromatic rings. The Labute approximate surface area is 252 Å². The zero-order valence-corrected chi connectivity index (χ0v) is 25.1. The van der Waals surface area contributed by atoms with Gasteiger partial charge in [0, 0.05) is 5.41 Å². The van der Waals surface area contributed by atoms with Gasteiger partial charge in [-0.25, -0.2) is 9.80 Å². The van der Waals surface area contributed by atoms with E-state index in [1.165, 1.54) is 0 Å². The lowest BCUT2D eigenvalue weighted by Gasteiger charge is -2.53. The van der Waals surface area contributed by atoms with Crippen LogP contribution in [0.4, 0.5) is 0 Å². The average molecular weight is 579 g/mol. The number of hydrogen-bond donors (Lipinski definition) is 1. The number of imide groups is 1. The first-order valence-corrected chi connectivity index (χ1v) is 15.4. The normalized spacial score (nSPS) is 32.2. The second-order valence-electron chi connectivity index (χ2n) is 13.4. The van der Waals surface area contributed by atoms with E-state index < -0.39 is 40.4 Å². The third-order valence-electron chi connectivity index (χ3n) is 11.5. The lowest BCUT2D eigenvalue weighted by atomic mass is 9.54. The van der Waals surface area contributed by atoms with Crippen molar-refractivity contribution >= 4 is 17.8 Å². The summed E-state index contributed by atoms with van der Waals surface area (Å²) in [6.07, 6.45) is 2.25. The summed E-state index contributed by atoms with van der Waals surface area (Å²) in [5.74, 6) is -1.05. The highest BCUT2D eigenvalue weighted by atomic mass is 16.6. The van der Waals surface area contributed by atoms with E-state index in [2.05, 4.69) is 13.8 Å². The van der Waals surface area contributed by atoms with E-state index in [-0.39, 0.29) is 17.4 Å². The fourth-order valence-corrected chi connectivity index (χ4v) is 9.17. The molecule has 0 spiro atoms. The van der Waals surface area contributed by atoms with Crippen molar-refractivity contribution in [2.24, 2.45) is 16.7 Å². The van der Waals surface area contributed by atoms with Crippen LogP contribution in [-0.4, -0.2) is 50.6 Å². The molecular weight excluding hydrogens is 540 g/mol. The maximum Gasteiger partial charge on any atom is 0.330 e. The van der Waals surface area contributed by atoms with Gasteiger partial charge in [0.05, 0.1) is 17.2 Å². The van der Waals surface area contributed by atoms with Gasteiger partial charge in [-0.05, 0) is 67.2 Å². The van der Waals surface area contributed by atoms with Crippen LogP contribution in [0.15, 0.2) is 84.9 Å². The van der Waals surface area contributed by atoms with Gasteiger partial charge in [-0.2, -0.15) is 5.01 Å². The Hall–Kier alpha value is -3.81. The standard InChI is InChI=1S/C36H38N2O5/c1-5-28-34(4,38(28)37-30(39)26-18-12-13-19-27(26)31(37)40)32(41)43-29-22-25-20-21-35(29,33(25,2)3)36(42,23-14-8-6-9-15-23)24-16-10-7-11-17-24/h6-19,25,28-29,42H,5,20-22H2,1-4H3. The molecular formula is C36H38N2O5. The number of fused-ring (bicyclic) bond motifs is 3. The molecule has 6 atom stereocenters. The monoisotopic (exact) mass is 578 g/mol. The number of esters is 1. The summed E-state index contributed by atoms with van der Waals surface area (Å²) < 4.78 is 6.58. The fraction of sp³-hybridized carbons (Fsp3) is 0.417. The lowest BCUT2D eigenvalue weighted by molar-refractivity contribution is -0.187. The Morgan fingerprint density at radius 1 is 0.884 bits per heavy atom. The van der Waals surface area contributed by atoms with Gasteiger partial charge in [0.25, 0.3) is 11.8 Å². The molecule has 1 N–H and O–H groups in total. The van der Waals surface area contributed by atoms with Crippen molar-refractivity contribution in [1.29, 1.82) is 0 Å². The van der Waals surface area contributed by atoms with Crippen LogP contribution in [0.1, 0.15) is 85.2 Å². The molecule has 2 bridgehead atoms. The Morgan fingerprint density at radius 3 is 1.88 bits per heavy atom. The van der Waals surface area contributed by atoms with Crippen molar-refractivity contribution in [2.75, 3.05) is 0 Å². The number of carbonyl (C=O) groups excluding carboxylic acids is 3. The smallest absolute Gasteiger partial charge is 0.330 e. The van der Waals surface area contributed by atoms with E-state index >= 15 is 0 Å². The molecule has 7 nitrogen and oxygen atoms in total. The number of rotatable bonds is 7. The van der Waals surface area contributed by atoms with Gasteiger partial charge < -0.3 is 9.84 Å². The summed E-state index contributed by atoms with van der Waals surface area (Å²) in [7, 11) is 0. The van der Waals surface area contributed by atoms with Crippen LogP contribution < -0.4 is 0 Å². The van der Waals surface area contributed by atoms with Crippen LogP contribution in [0.2, 0.25) is 0 Å². The fourth-order valence-electron chi connectivity index (χ4n) is 9.17. The largest absolute Gasteiger partial charge is 0.460 e. The minimum absolute atomic E-state index is 0.255. The van der Waals surface area contributed by atoms with Gasteiger partial charge in [0.1, 0.15) is 11.7 Å². The second-order valence-corrected chi connectivity index (χ2v) is 13.4. The number of nitrogens with zero attached hydrogens (tertiary/aromatic N) is 2. The predicted octanol–water partition coefficient (Wildman–Crippen LogP) is 5.72. The van der Waals surface area contributed by atoms with Crippen molar-refractivity contribution in [3.05, 3.63) is 107 Å². The van der Waals surface area contributed by atoms with Crippen molar-refractivity contribution in [3.63, 3.8) is 0 Å². The van der Waals surface area contributed by atoms with Crippen LogP contribution in [-0.2, 0) is 15.1 Å². The molecule has 43 heavy (non-hydrogen) atoms. The molecule has 3 aromatic carbocycles. The van der Waals surface area contributed by atoms with E-state index in [0.717, 1.165) is 22.6 Å². The van der Waals surface area contributed by atoms with Crippen LogP contribution in [0.25, 0.3) is 0 Å². The lowest BCUT2D eigenvalue weighted by Crippen LogP contribution is -2.58. The summed E-state index contributed by atoms with van der Waals surface area (Å²) in [5, 5.41) is 15.9. The average Bonchev–Trinajstić information content (AvgIpc) is 3.32. The molecule has 0 aromatic heterocycles. The zero-order valence-electron chi connectivity index (χ0n) is 25.1. The molecule has 7 rings (SSSR count). The predicted molar refractivity (Wildman–Crippen MR) is 161 cm³/mol. The SMILES string of the molecule is CCC1N(N2C(=O)c3ccccc3C2=O)C1(C)C(=O)OC1CC2CCC1(C(O)(c1ccccc1)c1ccccc1)C2(C)C. The van der Waals surface area contributed by atoms with Crippen LogP contribution in [0.5, 0.6) is 0 Å². The minimum atomic E-state index is -1.42. The summed E-state index contributed by atoms with van der Waals surface area (Å²) in [6.45, 7) is 8.11. The Kier molecular flexibility index (Phi) is 6.08. The van der Waals surface area contributed by atoms with E-state index in [9.17, 15) is 19.5 Å². The number of carbonyl (C=O) groups is 3. The first-order chi connectivity index (χ1) is 20.5. The van der Waals surface area contributed by atoms with E-state index in [1.807, 2.05) is 67.6 Å². The highest BCUT2D eigenvalue weighted by molar-refractivity contribution is 6.21. The first-order valence-electron chi connectivity index (χ1n) is 15.4. The molecule has 2 saturated carbocycles. The van der Waals surface area contributed by atoms with Gasteiger partial charge in [-0.3, -0.25) is 9.59 Å². The molecule has 2 heterocycles. The first kappa shape index (κ1) is 28.0. The molecule has 1 saturated heterocycles. The van der Waals surface area contributed by atoms with Gasteiger partial charge in [-0.1, -0.05) is 93.6 Å². The van der Waals surface area contributed by atoms with Gasteiger partial charge in [0.2, 0.25) is 0 Å². The maximum atomic E-state index is 14.3. The molecule has 2 aliphatic carbocycles. The van der Waals surface area contributed by atoms with E-state index in [4.69, 9.17) is 4.74 Å². The summed E-state index contributed by atoms with van der Waals surface area (Å²) in [6, 6.07) is 25.9. The minimum Gasteiger partial charge on any atom is -0.460 e. The Morgan fingerprint density at radius 2 is 1.40 bits per heavy atom.